The van der Waals surface area contributed by atoms with Gasteiger partial charge in [0.1, 0.15) is 0 Å². The van der Waals surface area contributed by atoms with Gasteiger partial charge in [0.15, 0.2) is 0 Å². The van der Waals surface area contributed by atoms with Crippen molar-refractivity contribution in [3.8, 4) is 0 Å². The van der Waals surface area contributed by atoms with E-state index in [-0.39, 0.29) is 5.91 Å². The van der Waals surface area contributed by atoms with Gasteiger partial charge in [-0.1, -0.05) is 38.3 Å². The summed E-state index contributed by atoms with van der Waals surface area (Å²) in [7, 11) is 0. The van der Waals surface area contributed by atoms with Crippen molar-refractivity contribution in [1.82, 2.24) is 10.2 Å². The van der Waals surface area contributed by atoms with E-state index in [1.54, 1.807) is 6.92 Å². The van der Waals surface area contributed by atoms with Crippen LogP contribution >= 0.6 is 0 Å². The van der Waals surface area contributed by atoms with Crippen molar-refractivity contribution in [1.29, 1.82) is 0 Å². The molecule has 0 radical (unpaired) electrons. The van der Waals surface area contributed by atoms with Crippen molar-refractivity contribution in [2.24, 2.45) is 0 Å². The van der Waals surface area contributed by atoms with E-state index in [9.17, 15) is 4.79 Å². The van der Waals surface area contributed by atoms with E-state index in [0.29, 0.717) is 6.04 Å². The molecule has 1 amide bonds. The number of carbonyl (C=O) groups is 1. The van der Waals surface area contributed by atoms with Gasteiger partial charge in [-0.15, -0.1) is 0 Å². The zero-order valence-corrected chi connectivity index (χ0v) is 16.6. The second kappa shape index (κ2) is 9.40. The summed E-state index contributed by atoms with van der Waals surface area (Å²) < 4.78 is 0. The molecule has 1 saturated heterocycles. The third-order valence-electron chi connectivity index (χ3n) is 5.91. The molecule has 4 heteroatoms. The number of benzene rings is 1. The Morgan fingerprint density at radius 1 is 1.15 bits per heavy atom. The molecule has 0 saturated carbocycles. The number of anilines is 1. The number of nitrogens with one attached hydrogen (secondary N) is 1. The first-order valence-corrected chi connectivity index (χ1v) is 10.5. The largest absolute Gasteiger partial charge is 0.369 e. The highest BCUT2D eigenvalue weighted by Gasteiger charge is 2.25. The maximum Gasteiger partial charge on any atom is 0.217 e. The Labute approximate surface area is 158 Å². The van der Waals surface area contributed by atoms with Crippen LogP contribution in [-0.2, 0) is 17.6 Å². The van der Waals surface area contributed by atoms with Crippen LogP contribution in [-0.4, -0.2) is 49.6 Å². The molecule has 1 aromatic rings. The summed E-state index contributed by atoms with van der Waals surface area (Å²) in [5.74, 6) is 0.0904. The first-order valence-electron chi connectivity index (χ1n) is 10.5. The molecule has 1 N–H and O–H groups in total. The van der Waals surface area contributed by atoms with E-state index in [4.69, 9.17) is 0 Å². The van der Waals surface area contributed by atoms with Gasteiger partial charge in [0.2, 0.25) is 5.91 Å². The van der Waals surface area contributed by atoms with Crippen LogP contribution < -0.4 is 10.2 Å². The summed E-state index contributed by atoms with van der Waals surface area (Å²) in [6.07, 6.45) is 8.49. The Morgan fingerprint density at radius 2 is 1.96 bits per heavy atom. The molecule has 1 aliphatic heterocycles. The van der Waals surface area contributed by atoms with Crippen LogP contribution in [0, 0.1) is 0 Å². The fourth-order valence-electron chi connectivity index (χ4n) is 4.45. The molecule has 2 aliphatic rings. The quantitative estimate of drug-likeness (QED) is 0.760. The van der Waals surface area contributed by atoms with Gasteiger partial charge in [-0.25, -0.2) is 0 Å². The average molecular weight is 358 g/mol. The van der Waals surface area contributed by atoms with Crippen molar-refractivity contribution in [3.05, 3.63) is 29.3 Å². The van der Waals surface area contributed by atoms with Crippen LogP contribution in [0.3, 0.4) is 0 Å². The van der Waals surface area contributed by atoms with Crippen molar-refractivity contribution in [2.75, 3.05) is 37.6 Å². The van der Waals surface area contributed by atoms with Gasteiger partial charge in [0.25, 0.3) is 0 Å². The third kappa shape index (κ3) is 5.00. The van der Waals surface area contributed by atoms with E-state index in [2.05, 4.69) is 40.2 Å². The van der Waals surface area contributed by atoms with Crippen LogP contribution in [0.5, 0.6) is 0 Å². The van der Waals surface area contributed by atoms with Gasteiger partial charge < -0.3 is 10.2 Å². The monoisotopic (exact) mass is 357 g/mol. The lowest BCUT2D eigenvalue weighted by Gasteiger charge is -2.38. The third-order valence-corrected chi connectivity index (χ3v) is 5.91. The van der Waals surface area contributed by atoms with Gasteiger partial charge in [0.05, 0.1) is 0 Å². The summed E-state index contributed by atoms with van der Waals surface area (Å²) in [5, 5.41) is 3.13. The van der Waals surface area contributed by atoms with Crippen molar-refractivity contribution >= 4 is 11.6 Å². The van der Waals surface area contributed by atoms with Crippen LogP contribution in [0.1, 0.15) is 57.1 Å². The van der Waals surface area contributed by atoms with Gasteiger partial charge in [0, 0.05) is 44.8 Å². The second-order valence-corrected chi connectivity index (χ2v) is 7.94. The molecule has 0 unspecified atom stereocenters. The molecular weight excluding hydrogens is 322 g/mol. The minimum Gasteiger partial charge on any atom is -0.369 e. The molecular formula is C22H35N3O. The maximum absolute atomic E-state index is 11.4. The predicted octanol–water partition coefficient (Wildman–Crippen LogP) is 3.38. The highest BCUT2D eigenvalue weighted by Crippen LogP contribution is 2.31. The van der Waals surface area contributed by atoms with E-state index in [1.807, 2.05) is 0 Å². The lowest BCUT2D eigenvalue weighted by atomic mass is 9.86. The number of hydrogen-bond acceptors (Lipinski definition) is 3. The Morgan fingerprint density at radius 3 is 2.69 bits per heavy atom. The first-order chi connectivity index (χ1) is 12.7. The minimum atomic E-state index is 0.0904. The molecule has 3 rings (SSSR count). The number of unbranched alkanes of at least 4 members (excludes halogenated alkanes) is 3. The summed E-state index contributed by atoms with van der Waals surface area (Å²) in [6.45, 7) is 9.74. The topological polar surface area (TPSA) is 35.6 Å². The molecule has 26 heavy (non-hydrogen) atoms. The van der Waals surface area contributed by atoms with E-state index < -0.39 is 0 Å². The molecule has 1 fully saturated rings. The van der Waals surface area contributed by atoms with Crippen LogP contribution in [0.2, 0.25) is 0 Å². The molecule has 0 bridgehead atoms. The van der Waals surface area contributed by atoms with Crippen LogP contribution in [0.4, 0.5) is 5.69 Å². The lowest BCUT2D eigenvalue weighted by Crippen LogP contribution is -2.47. The van der Waals surface area contributed by atoms with E-state index in [0.717, 1.165) is 32.4 Å². The fraction of sp³-hybridized carbons (Fsp3) is 0.682. The summed E-state index contributed by atoms with van der Waals surface area (Å²) in [6, 6.07) is 7.06. The van der Waals surface area contributed by atoms with Crippen LogP contribution in [0.15, 0.2) is 18.2 Å². The molecule has 1 heterocycles. The zero-order valence-electron chi connectivity index (χ0n) is 16.6. The SMILES string of the molecule is CCCCCCN1CCN(c2cccc3c2C[C@H](NC(C)=O)CC3)CC1. The van der Waals surface area contributed by atoms with Gasteiger partial charge in [-0.05, 0) is 49.4 Å². The highest BCUT2D eigenvalue weighted by atomic mass is 16.1. The summed E-state index contributed by atoms with van der Waals surface area (Å²) in [5.41, 5.74) is 4.35. The number of hydrogen-bond donors (Lipinski definition) is 1. The molecule has 144 valence electrons. The molecule has 1 aromatic carbocycles. The molecule has 0 aromatic heterocycles. The number of aryl methyl sites for hydroxylation is 1. The molecule has 0 spiro atoms. The van der Waals surface area contributed by atoms with Crippen LogP contribution in [0.25, 0.3) is 0 Å². The Balaban J connectivity index is 1.58. The molecule has 4 nitrogen and oxygen atoms in total. The lowest BCUT2D eigenvalue weighted by molar-refractivity contribution is -0.119. The number of rotatable bonds is 7. The van der Waals surface area contributed by atoms with E-state index in [1.165, 1.54) is 62.1 Å². The highest BCUT2D eigenvalue weighted by molar-refractivity contribution is 5.73. The van der Waals surface area contributed by atoms with Gasteiger partial charge in [-0.3, -0.25) is 9.69 Å². The summed E-state index contributed by atoms with van der Waals surface area (Å²) in [4.78, 5) is 16.6. The number of amides is 1. The number of carbonyl (C=O) groups excluding carboxylic acids is 1. The standard InChI is InChI=1S/C22H35N3O/c1-3-4-5-6-12-24-13-15-25(16-14-24)22-9-7-8-19-10-11-20(17-21(19)22)23-18(2)26/h7-9,20H,3-6,10-17H2,1-2H3,(H,23,26)/t20-/m1/s1. The van der Waals surface area contributed by atoms with Gasteiger partial charge >= 0.3 is 0 Å². The second-order valence-electron chi connectivity index (χ2n) is 7.94. The Hall–Kier alpha value is -1.55. The Bertz CT molecular complexity index is 593. The van der Waals surface area contributed by atoms with Crippen molar-refractivity contribution in [3.63, 3.8) is 0 Å². The first kappa shape index (κ1) is 19.2. The molecule has 1 atom stereocenters. The average Bonchev–Trinajstić information content (AvgIpc) is 2.65. The zero-order chi connectivity index (χ0) is 18.4. The Kier molecular flexibility index (Phi) is 6.95. The van der Waals surface area contributed by atoms with Crippen molar-refractivity contribution in [2.45, 2.75) is 64.8 Å². The summed E-state index contributed by atoms with van der Waals surface area (Å²) >= 11 is 0. The number of piperazine rings is 1. The minimum absolute atomic E-state index is 0.0904. The number of nitrogens with zero attached hydrogens (tertiary/aromatic N) is 2. The normalized spacial score (nSPS) is 20.7. The molecule has 1 aliphatic carbocycles. The predicted molar refractivity (Wildman–Crippen MR) is 109 cm³/mol. The van der Waals surface area contributed by atoms with E-state index >= 15 is 0 Å². The van der Waals surface area contributed by atoms with Gasteiger partial charge in [-0.2, -0.15) is 0 Å². The fourth-order valence-corrected chi connectivity index (χ4v) is 4.45. The number of fused-ring (bicyclic) bond motifs is 1. The smallest absolute Gasteiger partial charge is 0.217 e. The maximum atomic E-state index is 11.4. The van der Waals surface area contributed by atoms with Crippen molar-refractivity contribution < 1.29 is 4.79 Å².